The van der Waals surface area contributed by atoms with Gasteiger partial charge in [0, 0.05) is 13.1 Å². The van der Waals surface area contributed by atoms with Crippen LogP contribution in [-0.2, 0) is 6.42 Å². The molecule has 19 heavy (non-hydrogen) atoms. The minimum Gasteiger partial charge on any atom is -0.388 e. The molecule has 1 aromatic heterocycles. The van der Waals surface area contributed by atoms with Crippen LogP contribution in [0.1, 0.15) is 55.2 Å². The molecule has 1 atom stereocenters. The zero-order valence-electron chi connectivity index (χ0n) is 11.3. The molecule has 104 valence electrons. The predicted molar refractivity (Wildman–Crippen MR) is 77.7 cm³/mol. The predicted octanol–water partition coefficient (Wildman–Crippen LogP) is 3.14. The third-order valence-electron chi connectivity index (χ3n) is 4.53. The van der Waals surface area contributed by atoms with E-state index in [4.69, 9.17) is 4.98 Å². The van der Waals surface area contributed by atoms with Crippen molar-refractivity contribution >= 4 is 16.5 Å². The molecule has 0 spiro atoms. The van der Waals surface area contributed by atoms with Crippen LogP contribution >= 0.6 is 11.3 Å². The van der Waals surface area contributed by atoms with E-state index < -0.39 is 0 Å². The average Bonchev–Trinajstić information content (AvgIpc) is 3.31. The standard InChI is InChI=1S/C15H22N2OS/c18-13-3-1-2-12-14(13)19-15(16-12)17(8-10-4-5-10)9-11-6-7-11/h10-11,13,18H,1-9H2. The van der Waals surface area contributed by atoms with Crippen LogP contribution in [0.2, 0.25) is 0 Å². The van der Waals surface area contributed by atoms with Gasteiger partial charge in [-0.2, -0.15) is 0 Å². The minimum atomic E-state index is -0.251. The van der Waals surface area contributed by atoms with Crippen LogP contribution in [0.3, 0.4) is 0 Å². The lowest BCUT2D eigenvalue weighted by atomic mass is 10.0. The van der Waals surface area contributed by atoms with Crippen molar-refractivity contribution in [2.75, 3.05) is 18.0 Å². The molecule has 0 bridgehead atoms. The number of aliphatic hydroxyl groups is 1. The summed E-state index contributed by atoms with van der Waals surface area (Å²) in [7, 11) is 0. The van der Waals surface area contributed by atoms with Gasteiger partial charge in [0.2, 0.25) is 0 Å². The summed E-state index contributed by atoms with van der Waals surface area (Å²) in [5.74, 6) is 1.81. The van der Waals surface area contributed by atoms with Crippen LogP contribution in [0.15, 0.2) is 0 Å². The van der Waals surface area contributed by atoms with Crippen molar-refractivity contribution in [1.82, 2.24) is 4.98 Å². The second-order valence-corrected chi connectivity index (χ2v) is 7.52. The number of aliphatic hydroxyl groups excluding tert-OH is 1. The number of anilines is 1. The Labute approximate surface area is 118 Å². The van der Waals surface area contributed by atoms with Gasteiger partial charge in [0.15, 0.2) is 5.13 Å². The summed E-state index contributed by atoms with van der Waals surface area (Å²) >= 11 is 1.76. The highest BCUT2D eigenvalue weighted by Crippen LogP contribution is 2.41. The molecule has 1 N–H and O–H groups in total. The maximum absolute atomic E-state index is 10.1. The van der Waals surface area contributed by atoms with Crippen LogP contribution in [-0.4, -0.2) is 23.2 Å². The molecule has 0 amide bonds. The fraction of sp³-hybridized carbons (Fsp3) is 0.800. The first kappa shape index (κ1) is 12.2. The molecule has 2 saturated carbocycles. The lowest BCUT2D eigenvalue weighted by Gasteiger charge is -2.21. The van der Waals surface area contributed by atoms with Crippen molar-refractivity contribution in [2.24, 2.45) is 11.8 Å². The van der Waals surface area contributed by atoms with Crippen LogP contribution in [0.5, 0.6) is 0 Å². The molecule has 1 unspecified atom stereocenters. The maximum Gasteiger partial charge on any atom is 0.185 e. The van der Waals surface area contributed by atoms with Gasteiger partial charge in [-0.3, -0.25) is 0 Å². The van der Waals surface area contributed by atoms with Gasteiger partial charge in [-0.05, 0) is 56.8 Å². The number of thiazole rings is 1. The van der Waals surface area contributed by atoms with Crippen molar-refractivity contribution < 1.29 is 5.11 Å². The van der Waals surface area contributed by atoms with E-state index in [-0.39, 0.29) is 6.10 Å². The number of aryl methyl sites for hydroxylation is 1. The molecule has 3 aliphatic rings. The van der Waals surface area contributed by atoms with Crippen LogP contribution in [0.4, 0.5) is 5.13 Å². The molecule has 4 heteroatoms. The lowest BCUT2D eigenvalue weighted by molar-refractivity contribution is 0.160. The van der Waals surface area contributed by atoms with Gasteiger partial charge in [-0.15, -0.1) is 0 Å². The van der Waals surface area contributed by atoms with Gasteiger partial charge in [0.05, 0.1) is 16.7 Å². The summed E-state index contributed by atoms with van der Waals surface area (Å²) in [4.78, 5) is 8.52. The summed E-state index contributed by atoms with van der Waals surface area (Å²) in [6.45, 7) is 2.39. The molecule has 0 saturated heterocycles. The molecule has 3 nitrogen and oxygen atoms in total. The number of hydrogen-bond donors (Lipinski definition) is 1. The van der Waals surface area contributed by atoms with Crippen LogP contribution in [0.25, 0.3) is 0 Å². The first-order chi connectivity index (χ1) is 9.29. The molecular weight excluding hydrogens is 256 g/mol. The summed E-state index contributed by atoms with van der Waals surface area (Å²) in [5.41, 5.74) is 1.18. The van der Waals surface area contributed by atoms with Gasteiger partial charge in [-0.1, -0.05) is 11.3 Å². The Morgan fingerprint density at radius 3 is 2.37 bits per heavy atom. The molecule has 1 heterocycles. The van der Waals surface area contributed by atoms with Crippen molar-refractivity contribution in [1.29, 1.82) is 0 Å². The van der Waals surface area contributed by atoms with Gasteiger partial charge >= 0.3 is 0 Å². The number of hydrogen-bond acceptors (Lipinski definition) is 4. The molecule has 4 rings (SSSR count). The summed E-state index contributed by atoms with van der Waals surface area (Å²) in [6, 6.07) is 0. The van der Waals surface area contributed by atoms with Crippen molar-refractivity contribution in [3.63, 3.8) is 0 Å². The number of nitrogens with zero attached hydrogens (tertiary/aromatic N) is 2. The monoisotopic (exact) mass is 278 g/mol. The van der Waals surface area contributed by atoms with E-state index >= 15 is 0 Å². The molecular formula is C15H22N2OS. The van der Waals surface area contributed by atoms with E-state index in [9.17, 15) is 5.11 Å². The van der Waals surface area contributed by atoms with Crippen molar-refractivity contribution in [3.05, 3.63) is 10.6 Å². The Balaban J connectivity index is 1.56. The quantitative estimate of drug-likeness (QED) is 0.899. The van der Waals surface area contributed by atoms with Gasteiger partial charge in [0.1, 0.15) is 0 Å². The Morgan fingerprint density at radius 2 is 1.79 bits per heavy atom. The molecule has 3 aliphatic carbocycles. The minimum absolute atomic E-state index is 0.251. The number of aromatic nitrogens is 1. The zero-order chi connectivity index (χ0) is 12.8. The topological polar surface area (TPSA) is 36.4 Å². The number of rotatable bonds is 5. The van der Waals surface area contributed by atoms with Crippen LogP contribution < -0.4 is 4.90 Å². The molecule has 2 fully saturated rings. The second kappa shape index (κ2) is 4.74. The van der Waals surface area contributed by atoms with E-state index in [1.807, 2.05) is 0 Å². The van der Waals surface area contributed by atoms with Gasteiger partial charge in [-0.25, -0.2) is 4.98 Å². The first-order valence-corrected chi connectivity index (χ1v) is 8.54. The smallest absolute Gasteiger partial charge is 0.185 e. The van der Waals surface area contributed by atoms with E-state index in [0.29, 0.717) is 0 Å². The van der Waals surface area contributed by atoms with Crippen LogP contribution in [0, 0.1) is 11.8 Å². The normalized spacial score (nSPS) is 26.3. The van der Waals surface area contributed by atoms with E-state index in [1.165, 1.54) is 49.6 Å². The van der Waals surface area contributed by atoms with E-state index in [0.717, 1.165) is 36.0 Å². The highest BCUT2D eigenvalue weighted by atomic mass is 32.1. The van der Waals surface area contributed by atoms with Crippen molar-refractivity contribution in [3.8, 4) is 0 Å². The highest BCUT2D eigenvalue weighted by molar-refractivity contribution is 7.15. The highest BCUT2D eigenvalue weighted by Gasteiger charge is 2.32. The first-order valence-electron chi connectivity index (χ1n) is 7.72. The average molecular weight is 278 g/mol. The summed E-state index contributed by atoms with van der Waals surface area (Å²) in [6.07, 6.45) is 8.40. The fourth-order valence-corrected chi connectivity index (χ4v) is 4.12. The zero-order valence-corrected chi connectivity index (χ0v) is 12.2. The van der Waals surface area contributed by atoms with E-state index in [1.54, 1.807) is 11.3 Å². The summed E-state index contributed by atoms with van der Waals surface area (Å²) in [5, 5.41) is 11.3. The molecule has 0 radical (unpaired) electrons. The largest absolute Gasteiger partial charge is 0.388 e. The van der Waals surface area contributed by atoms with E-state index in [2.05, 4.69) is 4.90 Å². The molecule has 0 aromatic carbocycles. The molecule has 0 aliphatic heterocycles. The fourth-order valence-electron chi connectivity index (χ4n) is 2.97. The maximum atomic E-state index is 10.1. The van der Waals surface area contributed by atoms with Crippen molar-refractivity contribution in [2.45, 2.75) is 51.0 Å². The Hall–Kier alpha value is -0.610. The third kappa shape index (κ3) is 2.65. The SMILES string of the molecule is OC1CCCc2nc(N(CC3CC3)CC3CC3)sc21. The van der Waals surface area contributed by atoms with Gasteiger partial charge in [0.25, 0.3) is 0 Å². The Morgan fingerprint density at radius 1 is 1.11 bits per heavy atom. The Kier molecular flexibility index (Phi) is 3.03. The Bertz CT molecular complexity index is 451. The molecule has 1 aromatic rings. The third-order valence-corrected chi connectivity index (χ3v) is 5.79. The summed E-state index contributed by atoms with van der Waals surface area (Å²) < 4.78 is 0. The second-order valence-electron chi connectivity index (χ2n) is 6.51. The lowest BCUT2D eigenvalue weighted by Crippen LogP contribution is -2.27. The van der Waals surface area contributed by atoms with Gasteiger partial charge < -0.3 is 10.0 Å². The number of fused-ring (bicyclic) bond motifs is 1.